The van der Waals surface area contributed by atoms with Gasteiger partial charge >= 0.3 is 11.9 Å². The van der Waals surface area contributed by atoms with E-state index in [9.17, 15) is 19.0 Å². The van der Waals surface area contributed by atoms with Crippen LogP contribution in [0.4, 0.5) is 0 Å². The number of phosphoric acid groups is 1. The topological polar surface area (TPSA) is 111 Å². The smallest absolute Gasteiger partial charge is 0.306 e. The second-order valence-corrected chi connectivity index (χ2v) is 18.1. The van der Waals surface area contributed by atoms with Crippen LogP contribution in [0.1, 0.15) is 162 Å². The number of carbonyl (C=O) groups excluding carboxylic acids is 2. The van der Waals surface area contributed by atoms with Gasteiger partial charge in [-0.1, -0.05) is 162 Å². The highest BCUT2D eigenvalue weighted by Gasteiger charge is 2.21. The van der Waals surface area contributed by atoms with Crippen LogP contribution in [0.25, 0.3) is 0 Å². The van der Waals surface area contributed by atoms with Gasteiger partial charge in [0.2, 0.25) is 0 Å². The van der Waals surface area contributed by atoms with Gasteiger partial charge in [-0.15, -0.1) is 0 Å². The Morgan fingerprint density at radius 1 is 0.508 bits per heavy atom. The first-order valence-electron chi connectivity index (χ1n) is 24.1. The molecule has 0 bridgehead atoms. The number of allylic oxidation sites excluding steroid dienone is 18. The van der Waals surface area contributed by atoms with Crippen LogP contribution in [0, 0.1) is 0 Å². The molecule has 358 valence electrons. The third-order valence-corrected chi connectivity index (χ3v) is 10.5. The molecular formula is C53H88NO8P. The monoisotopic (exact) mass is 898 g/mol. The van der Waals surface area contributed by atoms with Crippen molar-refractivity contribution in [1.82, 2.24) is 0 Å². The molecule has 0 aliphatic carbocycles. The quantitative estimate of drug-likeness (QED) is 0.0196. The molecule has 0 aromatic rings. The van der Waals surface area contributed by atoms with Crippen LogP contribution in [0.15, 0.2) is 109 Å². The Bertz CT molecular complexity index is 1430. The highest BCUT2D eigenvalue weighted by molar-refractivity contribution is 7.45. The number of esters is 2. The fourth-order valence-corrected chi connectivity index (χ4v) is 6.52. The molecule has 0 aliphatic heterocycles. The van der Waals surface area contributed by atoms with Gasteiger partial charge in [-0.25, -0.2) is 0 Å². The van der Waals surface area contributed by atoms with Crippen LogP contribution in [0.3, 0.4) is 0 Å². The van der Waals surface area contributed by atoms with E-state index >= 15 is 0 Å². The molecule has 0 rings (SSSR count). The minimum Gasteiger partial charge on any atom is -0.756 e. The van der Waals surface area contributed by atoms with Crippen LogP contribution in [0.5, 0.6) is 0 Å². The van der Waals surface area contributed by atoms with Crippen molar-refractivity contribution in [3.8, 4) is 0 Å². The van der Waals surface area contributed by atoms with E-state index in [0.717, 1.165) is 116 Å². The van der Waals surface area contributed by atoms with Crippen molar-refractivity contribution in [1.29, 1.82) is 0 Å². The molecule has 0 radical (unpaired) electrons. The predicted octanol–water partition coefficient (Wildman–Crippen LogP) is 13.7. The Labute approximate surface area is 385 Å². The van der Waals surface area contributed by atoms with Crippen molar-refractivity contribution in [2.45, 2.75) is 168 Å². The zero-order valence-electron chi connectivity index (χ0n) is 40.2. The van der Waals surface area contributed by atoms with Gasteiger partial charge in [0, 0.05) is 12.8 Å². The van der Waals surface area contributed by atoms with Gasteiger partial charge in [-0.3, -0.25) is 14.2 Å². The largest absolute Gasteiger partial charge is 0.756 e. The van der Waals surface area contributed by atoms with Gasteiger partial charge in [0.05, 0.1) is 27.7 Å². The van der Waals surface area contributed by atoms with Crippen LogP contribution in [0.2, 0.25) is 0 Å². The summed E-state index contributed by atoms with van der Waals surface area (Å²) in [6.07, 6.45) is 59.9. The minimum absolute atomic E-state index is 0.0438. The highest BCUT2D eigenvalue weighted by Crippen LogP contribution is 2.38. The van der Waals surface area contributed by atoms with Crippen LogP contribution >= 0.6 is 7.82 Å². The second kappa shape index (κ2) is 43.9. The molecule has 2 unspecified atom stereocenters. The van der Waals surface area contributed by atoms with Crippen molar-refractivity contribution in [2.75, 3.05) is 47.5 Å². The van der Waals surface area contributed by atoms with E-state index < -0.39 is 32.5 Å². The number of unbranched alkanes of at least 4 members (excludes halogenated alkanes) is 10. The zero-order valence-corrected chi connectivity index (χ0v) is 41.1. The molecule has 63 heavy (non-hydrogen) atoms. The van der Waals surface area contributed by atoms with E-state index in [2.05, 4.69) is 123 Å². The molecule has 10 heteroatoms. The summed E-state index contributed by atoms with van der Waals surface area (Å²) in [4.78, 5) is 37.5. The Morgan fingerprint density at radius 2 is 0.905 bits per heavy atom. The maximum atomic E-state index is 12.7. The van der Waals surface area contributed by atoms with Crippen molar-refractivity contribution < 1.29 is 42.1 Å². The zero-order chi connectivity index (χ0) is 46.4. The first-order valence-corrected chi connectivity index (χ1v) is 25.6. The molecule has 0 saturated carbocycles. The maximum Gasteiger partial charge on any atom is 0.306 e. The number of carbonyl (C=O) groups is 2. The van der Waals surface area contributed by atoms with Crippen LogP contribution in [-0.2, 0) is 32.7 Å². The third kappa shape index (κ3) is 48.0. The summed E-state index contributed by atoms with van der Waals surface area (Å²) in [5.74, 6) is -0.888. The lowest BCUT2D eigenvalue weighted by Crippen LogP contribution is -2.37. The van der Waals surface area contributed by atoms with E-state index in [1.165, 1.54) is 6.42 Å². The van der Waals surface area contributed by atoms with Crippen LogP contribution < -0.4 is 4.89 Å². The molecule has 2 atom stereocenters. The number of nitrogens with zero attached hydrogens (tertiary/aromatic N) is 1. The van der Waals surface area contributed by atoms with Crippen LogP contribution in [-0.4, -0.2) is 70.0 Å². The lowest BCUT2D eigenvalue weighted by atomic mass is 10.1. The summed E-state index contributed by atoms with van der Waals surface area (Å²) in [7, 11) is 1.12. The molecule has 0 heterocycles. The fourth-order valence-electron chi connectivity index (χ4n) is 5.79. The number of phosphoric ester groups is 1. The van der Waals surface area contributed by atoms with E-state index in [1.807, 2.05) is 21.1 Å². The van der Waals surface area contributed by atoms with Gasteiger partial charge in [-0.2, -0.15) is 0 Å². The van der Waals surface area contributed by atoms with Crippen molar-refractivity contribution >= 4 is 19.8 Å². The standard InChI is InChI=1S/C53H88NO8P/c1-6-8-10-12-14-16-18-19-20-21-22-23-24-25-26-27-28-29-30-31-32-33-34-35-36-38-40-42-44-46-53(56)62-51(50-61-63(57,58)60-48-47-54(3,4)5)49-59-52(55)45-43-41-39-37-17-15-13-11-9-7-2/h8,10-11,13-14,16,19-20,22-23,25-26,28-29,31-32,34-35,51H,6-7,9,12,15,17-18,21,24,27,30,33,36-50H2,1-5H3/b10-8-,13-11-,16-14-,20-19-,23-22-,26-25-,29-28-,32-31-,35-34-. The summed E-state index contributed by atoms with van der Waals surface area (Å²) in [6, 6.07) is 0. The number of rotatable bonds is 42. The average Bonchev–Trinajstić information content (AvgIpc) is 3.24. The summed E-state index contributed by atoms with van der Waals surface area (Å²) in [6.45, 7) is 3.98. The number of likely N-dealkylation sites (N-methyl/N-ethyl adjacent to an activating group) is 1. The average molecular weight is 898 g/mol. The van der Waals surface area contributed by atoms with E-state index in [-0.39, 0.29) is 26.1 Å². The Morgan fingerprint density at radius 3 is 1.37 bits per heavy atom. The second-order valence-electron chi connectivity index (χ2n) is 16.7. The van der Waals surface area contributed by atoms with Gasteiger partial charge in [0.25, 0.3) is 7.82 Å². The van der Waals surface area contributed by atoms with Crippen molar-refractivity contribution in [3.63, 3.8) is 0 Å². The van der Waals surface area contributed by atoms with Gasteiger partial charge < -0.3 is 27.9 Å². The molecule has 0 N–H and O–H groups in total. The van der Waals surface area contributed by atoms with Crippen molar-refractivity contribution in [3.05, 3.63) is 109 Å². The van der Waals surface area contributed by atoms with Gasteiger partial charge in [0.1, 0.15) is 19.8 Å². The molecular weight excluding hydrogens is 810 g/mol. The molecule has 0 amide bonds. The van der Waals surface area contributed by atoms with E-state index in [4.69, 9.17) is 18.5 Å². The number of ether oxygens (including phenoxy) is 2. The van der Waals surface area contributed by atoms with E-state index in [0.29, 0.717) is 23.9 Å². The Hall–Kier alpha value is -3.33. The Kier molecular flexibility index (Phi) is 41.6. The minimum atomic E-state index is -4.64. The maximum absolute atomic E-state index is 12.7. The molecule has 9 nitrogen and oxygen atoms in total. The normalized spacial score (nSPS) is 14.4. The fraction of sp³-hybridized carbons (Fsp3) is 0.623. The summed E-state index contributed by atoms with van der Waals surface area (Å²) >= 11 is 0. The first kappa shape index (κ1) is 59.7. The molecule has 0 fully saturated rings. The molecule has 0 aromatic carbocycles. The predicted molar refractivity (Wildman–Crippen MR) is 263 cm³/mol. The Balaban J connectivity index is 4.30. The van der Waals surface area contributed by atoms with E-state index in [1.54, 1.807) is 0 Å². The molecule has 0 aliphatic rings. The lowest BCUT2D eigenvalue weighted by molar-refractivity contribution is -0.870. The number of hydrogen-bond acceptors (Lipinski definition) is 8. The summed E-state index contributed by atoms with van der Waals surface area (Å²) in [5, 5.41) is 0. The molecule has 0 spiro atoms. The van der Waals surface area contributed by atoms with Gasteiger partial charge in [0.15, 0.2) is 6.10 Å². The first-order chi connectivity index (χ1) is 30.5. The highest BCUT2D eigenvalue weighted by atomic mass is 31.2. The lowest BCUT2D eigenvalue weighted by Gasteiger charge is -2.28. The van der Waals surface area contributed by atoms with Gasteiger partial charge in [-0.05, 0) is 96.3 Å². The molecule has 0 aromatic heterocycles. The summed E-state index contributed by atoms with van der Waals surface area (Å²) in [5.41, 5.74) is 0. The third-order valence-electron chi connectivity index (χ3n) is 9.51. The number of hydrogen-bond donors (Lipinski definition) is 0. The number of quaternary nitrogens is 1. The summed E-state index contributed by atoms with van der Waals surface area (Å²) < 4.78 is 33.8. The SMILES string of the molecule is CC/C=C\C/C=C\C/C=C\C/C=C\C/C=C\C/C=C\C/C=C\C/C=C\CCCCCCC(=O)OC(COC(=O)CCCCCCC/C=C\CCC)COP(=O)([O-])OCC[N+](C)(C)C. The van der Waals surface area contributed by atoms with Crippen molar-refractivity contribution in [2.24, 2.45) is 0 Å². The molecule has 0 saturated heterocycles.